The van der Waals surface area contributed by atoms with Crippen LogP contribution in [0.4, 0.5) is 0 Å². The van der Waals surface area contributed by atoms with E-state index in [1.54, 1.807) is 19.2 Å². The minimum absolute atomic E-state index is 0.236. The number of nitrogens with zero attached hydrogens (tertiary/aromatic N) is 3. The van der Waals surface area contributed by atoms with Crippen molar-refractivity contribution in [2.45, 2.75) is 59.2 Å². The van der Waals surface area contributed by atoms with Crippen LogP contribution < -0.4 is 4.57 Å². The molecule has 3 heteroatoms. The van der Waals surface area contributed by atoms with E-state index in [2.05, 4.69) is 0 Å². The Labute approximate surface area is 169 Å². The van der Waals surface area contributed by atoms with Crippen molar-refractivity contribution in [1.29, 1.82) is 0 Å². The maximum absolute atomic E-state index is 8.57. The maximum Gasteiger partial charge on any atom is 0.296 e. The van der Waals surface area contributed by atoms with Gasteiger partial charge in [-0.2, -0.15) is 4.40 Å². The molecule has 4 aromatic rings. The first-order valence-electron chi connectivity index (χ1n) is 12.3. The van der Waals surface area contributed by atoms with E-state index in [-0.39, 0.29) is 5.56 Å². The van der Waals surface area contributed by atoms with Crippen molar-refractivity contribution in [1.82, 2.24) is 9.38 Å². The minimum Gasteiger partial charge on any atom is -0.255 e. The Hall–Kier alpha value is -2.42. The van der Waals surface area contributed by atoms with E-state index in [1.165, 1.54) is 0 Å². The lowest BCUT2D eigenvalue weighted by molar-refractivity contribution is -0.643. The highest BCUT2D eigenvalue weighted by atomic mass is 15.1. The standard InChI is InChI=1S/C24H28N3/c1-13-9-10-16-21-18(13)20-19(15(3)14(2)11-25-20)22-26(8)12-17(27(21)22)24(6,7)23(16,4)5/h9-12H,1-8H3/q+1/i1D3,6D3. The summed E-state index contributed by atoms with van der Waals surface area (Å²) in [6.07, 6.45) is 3.69. The molecule has 0 aliphatic carbocycles. The van der Waals surface area contributed by atoms with Crippen molar-refractivity contribution in [3.05, 3.63) is 52.5 Å². The van der Waals surface area contributed by atoms with Crippen molar-refractivity contribution in [2.75, 3.05) is 0 Å². The molecule has 0 amide bonds. The molecule has 0 saturated heterocycles. The molecule has 138 valence electrons. The van der Waals surface area contributed by atoms with Crippen LogP contribution in [0.15, 0.2) is 24.5 Å². The predicted molar refractivity (Wildman–Crippen MR) is 112 cm³/mol. The molecule has 0 radical (unpaired) electrons. The number of benzene rings is 1. The molecule has 1 aliphatic heterocycles. The molecule has 0 bridgehead atoms. The molecule has 0 spiro atoms. The molecular formula is C24H28N3+. The zero-order valence-electron chi connectivity index (χ0n) is 22.7. The fourth-order valence-electron chi connectivity index (χ4n) is 4.76. The van der Waals surface area contributed by atoms with Crippen molar-refractivity contribution in [2.24, 2.45) is 7.05 Å². The third kappa shape index (κ3) is 1.69. The summed E-state index contributed by atoms with van der Waals surface area (Å²) in [5, 5.41) is 1.43. The van der Waals surface area contributed by atoms with Gasteiger partial charge in [0.15, 0.2) is 5.69 Å². The molecule has 0 saturated carbocycles. The predicted octanol–water partition coefficient (Wildman–Crippen LogP) is 4.96. The third-order valence-electron chi connectivity index (χ3n) is 6.99. The number of hydrogen-bond acceptors (Lipinski definition) is 1. The van der Waals surface area contributed by atoms with Crippen molar-refractivity contribution >= 4 is 27.5 Å². The van der Waals surface area contributed by atoms with Gasteiger partial charge in [0.2, 0.25) is 0 Å². The Kier molecular flexibility index (Phi) is 1.99. The number of fused-ring (bicyclic) bond motifs is 3. The zero-order valence-corrected chi connectivity index (χ0v) is 16.7. The van der Waals surface area contributed by atoms with Crippen LogP contribution in [-0.4, -0.2) is 9.38 Å². The van der Waals surface area contributed by atoms with Gasteiger partial charge in [-0.05, 0) is 37.4 Å². The van der Waals surface area contributed by atoms with Crippen molar-refractivity contribution < 1.29 is 12.8 Å². The Morgan fingerprint density at radius 1 is 1.07 bits per heavy atom. The quantitative estimate of drug-likeness (QED) is 0.319. The molecule has 27 heavy (non-hydrogen) atoms. The highest BCUT2D eigenvalue weighted by Crippen LogP contribution is 2.51. The van der Waals surface area contributed by atoms with Gasteiger partial charge in [-0.15, -0.1) is 0 Å². The zero-order chi connectivity index (χ0) is 24.5. The Bertz CT molecular complexity index is 1510. The fourth-order valence-corrected chi connectivity index (χ4v) is 4.76. The molecular weight excluding hydrogens is 330 g/mol. The van der Waals surface area contributed by atoms with Gasteiger partial charge in [-0.25, -0.2) is 4.57 Å². The van der Waals surface area contributed by atoms with E-state index < -0.39 is 24.5 Å². The van der Waals surface area contributed by atoms with E-state index >= 15 is 0 Å². The number of imidazole rings is 1. The third-order valence-corrected chi connectivity index (χ3v) is 6.99. The monoisotopic (exact) mass is 364 g/mol. The largest absolute Gasteiger partial charge is 0.296 e. The molecule has 3 aromatic heterocycles. The summed E-state index contributed by atoms with van der Waals surface area (Å²) < 4.78 is 54.5. The van der Waals surface area contributed by atoms with Gasteiger partial charge in [0.25, 0.3) is 5.65 Å². The highest BCUT2D eigenvalue weighted by molar-refractivity contribution is 6.13. The number of aryl methyl sites for hydroxylation is 4. The van der Waals surface area contributed by atoms with Gasteiger partial charge >= 0.3 is 0 Å². The number of aromatic nitrogens is 3. The average molecular weight is 365 g/mol. The molecule has 5 rings (SSSR count). The number of pyridine rings is 2. The van der Waals surface area contributed by atoms with E-state index in [0.717, 1.165) is 33.2 Å². The Morgan fingerprint density at radius 3 is 2.56 bits per heavy atom. The second-order valence-corrected chi connectivity index (χ2v) is 8.71. The summed E-state index contributed by atoms with van der Waals surface area (Å²) >= 11 is 0. The summed E-state index contributed by atoms with van der Waals surface area (Å²) in [7, 11) is 1.91. The molecule has 1 atom stereocenters. The van der Waals surface area contributed by atoms with Crippen LogP contribution in [0, 0.1) is 20.7 Å². The highest BCUT2D eigenvalue weighted by Gasteiger charge is 2.50. The van der Waals surface area contributed by atoms with Gasteiger partial charge < -0.3 is 0 Å². The van der Waals surface area contributed by atoms with E-state index in [4.69, 9.17) is 13.2 Å². The lowest BCUT2D eigenvalue weighted by Gasteiger charge is -2.43. The van der Waals surface area contributed by atoms with Crippen LogP contribution in [-0.2, 0) is 17.9 Å². The minimum atomic E-state index is -2.34. The van der Waals surface area contributed by atoms with Crippen LogP contribution >= 0.6 is 0 Å². The molecule has 3 nitrogen and oxygen atoms in total. The first kappa shape index (κ1) is 11.4. The first-order valence-corrected chi connectivity index (χ1v) is 9.32. The topological polar surface area (TPSA) is 21.2 Å². The summed E-state index contributed by atoms with van der Waals surface area (Å²) in [5.41, 5.74) is 3.92. The van der Waals surface area contributed by atoms with Gasteiger partial charge in [0, 0.05) is 30.8 Å². The summed E-state index contributed by atoms with van der Waals surface area (Å²) in [5.74, 6) is 0. The van der Waals surface area contributed by atoms with Crippen molar-refractivity contribution in [3.8, 4) is 0 Å². The molecule has 1 unspecified atom stereocenters. The maximum atomic E-state index is 8.57. The van der Waals surface area contributed by atoms with Gasteiger partial charge in [0.1, 0.15) is 11.7 Å². The normalized spacial score (nSPS) is 25.3. The van der Waals surface area contributed by atoms with E-state index in [9.17, 15) is 0 Å². The first-order chi connectivity index (χ1) is 15.0. The van der Waals surface area contributed by atoms with Crippen molar-refractivity contribution in [3.63, 3.8) is 0 Å². The molecule has 1 aliphatic rings. The van der Waals surface area contributed by atoms with Crippen LogP contribution in [0.2, 0.25) is 0 Å². The van der Waals surface area contributed by atoms with Crippen LogP contribution in [0.3, 0.4) is 0 Å². The van der Waals surface area contributed by atoms with Crippen LogP contribution in [0.1, 0.15) is 63.8 Å². The SMILES string of the molecule is [2H]C([2H])([2H])c1ccc2c3c1c1ncc(C)c(C)c1c1n3c(c[n+]1C)C(C)(C([2H])([2H])[2H])C2(C)C. The molecule has 0 fully saturated rings. The van der Waals surface area contributed by atoms with Gasteiger partial charge in [-0.1, -0.05) is 39.8 Å². The second kappa shape index (κ2) is 4.70. The summed E-state index contributed by atoms with van der Waals surface area (Å²) in [4.78, 5) is 4.75. The average Bonchev–Trinajstić information content (AvgIpc) is 3.04. The van der Waals surface area contributed by atoms with Gasteiger partial charge in [0.05, 0.1) is 23.3 Å². The van der Waals surface area contributed by atoms with Crippen LogP contribution in [0.5, 0.6) is 0 Å². The second-order valence-electron chi connectivity index (χ2n) is 8.71. The number of hydrogen-bond donors (Lipinski definition) is 0. The Balaban J connectivity index is 2.24. The van der Waals surface area contributed by atoms with Crippen LogP contribution in [0.25, 0.3) is 27.5 Å². The smallest absolute Gasteiger partial charge is 0.255 e. The molecule has 0 N–H and O–H groups in total. The van der Waals surface area contributed by atoms with E-state index in [1.807, 2.05) is 56.0 Å². The summed E-state index contributed by atoms with van der Waals surface area (Å²) in [6.45, 7) is 5.06. The Morgan fingerprint density at radius 2 is 1.85 bits per heavy atom. The molecule has 4 heterocycles. The molecule has 1 aromatic carbocycles. The summed E-state index contributed by atoms with van der Waals surface area (Å²) in [6, 6.07) is 3.45. The van der Waals surface area contributed by atoms with E-state index in [0.29, 0.717) is 16.6 Å². The van der Waals surface area contributed by atoms with Gasteiger partial charge in [-0.3, -0.25) is 4.98 Å². The lowest BCUT2D eigenvalue weighted by Crippen LogP contribution is -2.44. The fraction of sp³-hybridized carbons (Fsp3) is 0.417. The lowest BCUT2D eigenvalue weighted by atomic mass is 9.60. The number of rotatable bonds is 0.